The van der Waals surface area contributed by atoms with Crippen LogP contribution < -0.4 is 5.32 Å². The second kappa shape index (κ2) is 1.96. The van der Waals surface area contributed by atoms with E-state index in [2.05, 4.69) is 12.2 Å². The minimum absolute atomic E-state index is 0.437. The van der Waals surface area contributed by atoms with E-state index >= 15 is 0 Å². The molecule has 1 aliphatic heterocycles. The van der Waals surface area contributed by atoms with Crippen LogP contribution in [0.3, 0.4) is 0 Å². The molecule has 2 aliphatic rings. The Kier molecular flexibility index (Phi) is 1.24. The average Bonchev–Trinajstić information content (AvgIpc) is 1.78. The van der Waals surface area contributed by atoms with E-state index in [1.807, 2.05) is 0 Å². The van der Waals surface area contributed by atoms with Crippen molar-refractivity contribution in [3.8, 4) is 0 Å². The Hall–Kier alpha value is -0.0800. The molecule has 0 radical (unpaired) electrons. The molecule has 0 aromatic heterocycles. The van der Waals surface area contributed by atoms with Crippen LogP contribution in [0.25, 0.3) is 0 Å². The molecule has 2 rings (SSSR count). The molecule has 1 aliphatic carbocycles. The van der Waals surface area contributed by atoms with Crippen LogP contribution in [0.2, 0.25) is 0 Å². The van der Waals surface area contributed by atoms with E-state index in [0.29, 0.717) is 18.2 Å². The Labute approximate surface area is 55.6 Å². The molecule has 0 amide bonds. The van der Waals surface area contributed by atoms with Gasteiger partial charge in [-0.1, -0.05) is 0 Å². The van der Waals surface area contributed by atoms with Gasteiger partial charge in [-0.25, -0.2) is 0 Å². The van der Waals surface area contributed by atoms with Crippen LogP contribution in [-0.2, 0) is 4.74 Å². The van der Waals surface area contributed by atoms with E-state index < -0.39 is 0 Å². The number of rotatable bonds is 0. The van der Waals surface area contributed by atoms with Crippen LogP contribution in [0, 0.1) is 0 Å². The van der Waals surface area contributed by atoms with Gasteiger partial charge in [-0.2, -0.15) is 0 Å². The Morgan fingerprint density at radius 3 is 2.78 bits per heavy atom. The molecular formula is C7H13NO. The summed E-state index contributed by atoms with van der Waals surface area (Å²) in [6, 6.07) is 0.696. The van der Waals surface area contributed by atoms with Crippen molar-refractivity contribution in [3.63, 3.8) is 0 Å². The van der Waals surface area contributed by atoms with E-state index in [1.165, 1.54) is 12.8 Å². The third-order valence-electron chi connectivity index (χ3n) is 2.29. The van der Waals surface area contributed by atoms with Crippen LogP contribution in [-0.4, -0.2) is 24.8 Å². The lowest BCUT2D eigenvalue weighted by atomic mass is 9.87. The first-order valence-electron chi connectivity index (χ1n) is 3.75. The molecule has 1 saturated carbocycles. The lowest BCUT2D eigenvalue weighted by Gasteiger charge is -2.43. The monoisotopic (exact) mass is 127 g/mol. The zero-order chi connectivity index (χ0) is 6.27. The van der Waals surface area contributed by atoms with E-state index in [4.69, 9.17) is 4.74 Å². The largest absolute Gasteiger partial charge is 0.372 e. The van der Waals surface area contributed by atoms with E-state index in [9.17, 15) is 0 Å². The fraction of sp³-hybridized carbons (Fsp3) is 1.00. The predicted octanol–water partition coefficient (Wildman–Crippen LogP) is 0.526. The first-order chi connectivity index (χ1) is 4.36. The Morgan fingerprint density at radius 2 is 2.33 bits per heavy atom. The van der Waals surface area contributed by atoms with E-state index in [1.54, 1.807) is 0 Å². The van der Waals surface area contributed by atoms with Crippen molar-refractivity contribution in [2.45, 2.75) is 38.0 Å². The molecule has 1 N–H and O–H groups in total. The summed E-state index contributed by atoms with van der Waals surface area (Å²) in [6.45, 7) is 3.17. The molecule has 0 aromatic rings. The molecule has 0 bridgehead atoms. The van der Waals surface area contributed by atoms with E-state index in [-0.39, 0.29) is 0 Å². The molecule has 0 aromatic carbocycles. The highest BCUT2D eigenvalue weighted by Gasteiger charge is 2.35. The second-order valence-electron chi connectivity index (χ2n) is 3.08. The minimum Gasteiger partial charge on any atom is -0.372 e. The summed E-state index contributed by atoms with van der Waals surface area (Å²) >= 11 is 0. The molecule has 3 unspecified atom stereocenters. The Balaban J connectivity index is 1.92. The van der Waals surface area contributed by atoms with Gasteiger partial charge in [0, 0.05) is 12.6 Å². The zero-order valence-electron chi connectivity index (χ0n) is 5.76. The Morgan fingerprint density at radius 1 is 1.44 bits per heavy atom. The zero-order valence-corrected chi connectivity index (χ0v) is 5.76. The maximum Gasteiger partial charge on any atom is 0.0732 e. The highest BCUT2D eigenvalue weighted by molar-refractivity contribution is 4.91. The summed E-state index contributed by atoms with van der Waals surface area (Å²) in [4.78, 5) is 0. The summed E-state index contributed by atoms with van der Waals surface area (Å²) in [7, 11) is 0. The van der Waals surface area contributed by atoms with Gasteiger partial charge in [0.2, 0.25) is 0 Å². The summed E-state index contributed by atoms with van der Waals surface area (Å²) < 4.78 is 5.62. The summed E-state index contributed by atoms with van der Waals surface area (Å²) in [5.41, 5.74) is 0. The topological polar surface area (TPSA) is 21.3 Å². The van der Waals surface area contributed by atoms with Crippen molar-refractivity contribution in [3.05, 3.63) is 0 Å². The van der Waals surface area contributed by atoms with Crippen molar-refractivity contribution in [1.82, 2.24) is 5.32 Å². The molecule has 0 spiro atoms. The molecule has 2 fully saturated rings. The molecule has 9 heavy (non-hydrogen) atoms. The molecule has 1 saturated heterocycles. The standard InChI is InChI=1S/C7H13NO/c1-5-4-8-6-2-3-7(6)9-5/h5-8H,2-4H2,1H3. The van der Waals surface area contributed by atoms with Crippen LogP contribution in [0.4, 0.5) is 0 Å². The first-order valence-corrected chi connectivity index (χ1v) is 3.75. The van der Waals surface area contributed by atoms with Gasteiger partial charge in [0.1, 0.15) is 0 Å². The van der Waals surface area contributed by atoms with Crippen molar-refractivity contribution < 1.29 is 4.74 Å². The molecule has 2 heteroatoms. The second-order valence-corrected chi connectivity index (χ2v) is 3.08. The lowest BCUT2D eigenvalue weighted by Crippen LogP contribution is -2.57. The number of hydrogen-bond acceptors (Lipinski definition) is 2. The van der Waals surface area contributed by atoms with Gasteiger partial charge < -0.3 is 10.1 Å². The van der Waals surface area contributed by atoms with Crippen molar-refractivity contribution in [2.24, 2.45) is 0 Å². The highest BCUT2D eigenvalue weighted by atomic mass is 16.5. The van der Waals surface area contributed by atoms with Crippen LogP contribution in [0.1, 0.15) is 19.8 Å². The van der Waals surface area contributed by atoms with Crippen molar-refractivity contribution >= 4 is 0 Å². The first kappa shape index (κ1) is 5.69. The highest BCUT2D eigenvalue weighted by Crippen LogP contribution is 2.27. The third kappa shape index (κ3) is 0.864. The molecular weight excluding hydrogens is 114 g/mol. The number of morpholine rings is 1. The van der Waals surface area contributed by atoms with Gasteiger partial charge in [-0.15, -0.1) is 0 Å². The fourth-order valence-electron chi connectivity index (χ4n) is 1.53. The lowest BCUT2D eigenvalue weighted by molar-refractivity contribution is -0.0968. The van der Waals surface area contributed by atoms with Gasteiger partial charge in [0.15, 0.2) is 0 Å². The third-order valence-corrected chi connectivity index (χ3v) is 2.29. The smallest absolute Gasteiger partial charge is 0.0732 e. The summed E-state index contributed by atoms with van der Waals surface area (Å²) in [6.07, 6.45) is 3.57. The van der Waals surface area contributed by atoms with Crippen molar-refractivity contribution in [1.29, 1.82) is 0 Å². The average molecular weight is 127 g/mol. The normalized spacial score (nSPS) is 49.7. The molecule has 2 nitrogen and oxygen atoms in total. The van der Waals surface area contributed by atoms with Crippen LogP contribution >= 0.6 is 0 Å². The SMILES string of the molecule is CC1CNC2CCC2O1. The quantitative estimate of drug-likeness (QED) is 0.512. The van der Waals surface area contributed by atoms with Crippen molar-refractivity contribution in [2.75, 3.05) is 6.54 Å². The molecule has 3 atom stereocenters. The van der Waals surface area contributed by atoms with Gasteiger partial charge >= 0.3 is 0 Å². The van der Waals surface area contributed by atoms with Gasteiger partial charge in [0.05, 0.1) is 12.2 Å². The summed E-state index contributed by atoms with van der Waals surface area (Å²) in [5.74, 6) is 0. The minimum atomic E-state index is 0.437. The van der Waals surface area contributed by atoms with E-state index in [0.717, 1.165) is 6.54 Å². The Bertz CT molecular complexity index is 115. The van der Waals surface area contributed by atoms with Gasteiger partial charge in [-0.05, 0) is 19.8 Å². The van der Waals surface area contributed by atoms with Gasteiger partial charge in [-0.3, -0.25) is 0 Å². The van der Waals surface area contributed by atoms with Crippen LogP contribution in [0.15, 0.2) is 0 Å². The molecule has 52 valence electrons. The maximum absolute atomic E-state index is 5.62. The molecule has 1 heterocycles. The number of hydrogen-bond donors (Lipinski definition) is 1. The summed E-state index contributed by atoms with van der Waals surface area (Å²) in [5, 5.41) is 3.44. The maximum atomic E-state index is 5.62. The number of ether oxygens (including phenoxy) is 1. The number of nitrogens with one attached hydrogen (secondary N) is 1. The van der Waals surface area contributed by atoms with Gasteiger partial charge in [0.25, 0.3) is 0 Å². The van der Waals surface area contributed by atoms with Crippen LogP contribution in [0.5, 0.6) is 0 Å². The predicted molar refractivity (Wildman–Crippen MR) is 35.4 cm³/mol. The fourth-order valence-corrected chi connectivity index (χ4v) is 1.53. The number of fused-ring (bicyclic) bond motifs is 1.